The van der Waals surface area contributed by atoms with Crippen molar-refractivity contribution >= 4 is 23.3 Å². The number of nitrogens with two attached hydrogens (primary N) is 1. The highest BCUT2D eigenvalue weighted by Gasteiger charge is 2.25. The molecule has 8 nitrogen and oxygen atoms in total. The topological polar surface area (TPSA) is 142 Å². The molecule has 34 heavy (non-hydrogen) atoms. The van der Waals surface area contributed by atoms with Crippen LogP contribution in [0, 0.1) is 17.8 Å². The number of amides is 2. The number of hydrogen-bond acceptors (Lipinski definition) is 6. The van der Waals surface area contributed by atoms with Gasteiger partial charge in [0.05, 0.1) is 12.1 Å². The van der Waals surface area contributed by atoms with E-state index in [1.807, 2.05) is 13.8 Å². The van der Waals surface area contributed by atoms with E-state index in [9.17, 15) is 19.5 Å². The highest BCUT2D eigenvalue weighted by molar-refractivity contribution is 5.98. The lowest BCUT2D eigenvalue weighted by Crippen LogP contribution is -2.48. The molecule has 2 rings (SSSR count). The molecule has 0 aliphatic carbocycles. The second-order valence-corrected chi connectivity index (χ2v) is 8.45. The average Bonchev–Trinajstić information content (AvgIpc) is 2.81. The molecule has 180 valence electrons. The fourth-order valence-electron chi connectivity index (χ4n) is 3.13. The molecular formula is C26H31N3O5. The van der Waals surface area contributed by atoms with Crippen molar-refractivity contribution in [3.05, 3.63) is 65.2 Å². The number of aliphatic hydroxyl groups is 2. The molecule has 2 amide bonds. The monoisotopic (exact) mass is 465 g/mol. The Labute approximate surface area is 199 Å². The number of carbonyl (C=O) groups excluding carboxylic acids is 3. The fraction of sp³-hybridized carbons (Fsp3) is 0.346. The summed E-state index contributed by atoms with van der Waals surface area (Å²) in [5.41, 5.74) is 8.24. The van der Waals surface area contributed by atoms with E-state index in [0.717, 1.165) is 5.56 Å². The molecule has 0 fully saturated rings. The number of anilines is 1. The Morgan fingerprint density at radius 3 is 1.94 bits per heavy atom. The van der Waals surface area contributed by atoms with E-state index in [1.165, 1.54) is 6.92 Å². The number of rotatable bonds is 9. The van der Waals surface area contributed by atoms with Crippen molar-refractivity contribution in [1.29, 1.82) is 0 Å². The SMILES string of the molecule is CC(C)C[C@H](N)C(=O)Nc1ccc(C#Cc2ccc(C(=O)N[C@H](C(=O)CO)[C@@H](C)O)cc2)cc1. The van der Waals surface area contributed by atoms with E-state index in [-0.39, 0.29) is 11.5 Å². The summed E-state index contributed by atoms with van der Waals surface area (Å²) in [6, 6.07) is 11.8. The van der Waals surface area contributed by atoms with E-state index in [1.54, 1.807) is 48.5 Å². The normalized spacial score (nSPS) is 13.3. The molecule has 8 heteroatoms. The van der Waals surface area contributed by atoms with Gasteiger partial charge in [0.2, 0.25) is 5.91 Å². The van der Waals surface area contributed by atoms with Crippen LogP contribution in [-0.2, 0) is 9.59 Å². The maximum atomic E-state index is 12.3. The number of hydrogen-bond donors (Lipinski definition) is 5. The van der Waals surface area contributed by atoms with Gasteiger partial charge < -0.3 is 26.6 Å². The van der Waals surface area contributed by atoms with Crippen LogP contribution in [0.25, 0.3) is 0 Å². The number of nitrogens with one attached hydrogen (secondary N) is 2. The maximum absolute atomic E-state index is 12.3. The molecule has 3 atom stereocenters. The number of benzene rings is 2. The average molecular weight is 466 g/mol. The Bertz CT molecular complexity index is 1050. The Hall–Kier alpha value is -3.51. The summed E-state index contributed by atoms with van der Waals surface area (Å²) in [4.78, 5) is 36.1. The van der Waals surface area contributed by atoms with E-state index in [0.29, 0.717) is 23.6 Å². The van der Waals surface area contributed by atoms with Gasteiger partial charge in [0, 0.05) is 22.4 Å². The first-order chi connectivity index (χ1) is 16.1. The van der Waals surface area contributed by atoms with Crippen molar-refractivity contribution in [2.75, 3.05) is 11.9 Å². The summed E-state index contributed by atoms with van der Waals surface area (Å²) in [6.45, 7) is 4.61. The third kappa shape index (κ3) is 8.12. The lowest BCUT2D eigenvalue weighted by atomic mass is 10.0. The molecule has 0 aromatic heterocycles. The molecule has 0 saturated carbocycles. The van der Waals surface area contributed by atoms with Crippen LogP contribution in [0.15, 0.2) is 48.5 Å². The lowest BCUT2D eigenvalue weighted by molar-refractivity contribution is -0.126. The quantitative estimate of drug-likeness (QED) is 0.355. The summed E-state index contributed by atoms with van der Waals surface area (Å²) in [6.07, 6.45) is -0.525. The molecule has 0 spiro atoms. The molecule has 0 bridgehead atoms. The third-order valence-corrected chi connectivity index (χ3v) is 4.98. The van der Waals surface area contributed by atoms with Crippen molar-refractivity contribution in [2.45, 2.75) is 45.4 Å². The van der Waals surface area contributed by atoms with E-state index in [4.69, 9.17) is 10.8 Å². The van der Waals surface area contributed by atoms with Gasteiger partial charge in [-0.15, -0.1) is 0 Å². The van der Waals surface area contributed by atoms with Gasteiger partial charge in [-0.2, -0.15) is 0 Å². The fourth-order valence-corrected chi connectivity index (χ4v) is 3.13. The van der Waals surface area contributed by atoms with Gasteiger partial charge in [-0.1, -0.05) is 25.7 Å². The van der Waals surface area contributed by atoms with Crippen LogP contribution in [-0.4, -0.2) is 52.6 Å². The van der Waals surface area contributed by atoms with Crippen LogP contribution in [0.4, 0.5) is 5.69 Å². The van der Waals surface area contributed by atoms with Gasteiger partial charge >= 0.3 is 0 Å². The second kappa shape index (κ2) is 12.7. The number of Topliss-reactive ketones (excluding diaryl/α,β-unsaturated/α-hetero) is 1. The summed E-state index contributed by atoms with van der Waals surface area (Å²) in [5.74, 6) is 4.90. The second-order valence-electron chi connectivity index (χ2n) is 8.45. The zero-order valence-corrected chi connectivity index (χ0v) is 19.5. The Kier molecular flexibility index (Phi) is 9.95. The zero-order valence-electron chi connectivity index (χ0n) is 19.5. The van der Waals surface area contributed by atoms with Crippen LogP contribution in [0.1, 0.15) is 48.7 Å². The van der Waals surface area contributed by atoms with Crippen LogP contribution in [0.5, 0.6) is 0 Å². The largest absolute Gasteiger partial charge is 0.391 e. The minimum absolute atomic E-state index is 0.225. The Morgan fingerprint density at radius 1 is 0.941 bits per heavy atom. The van der Waals surface area contributed by atoms with Crippen molar-refractivity contribution in [2.24, 2.45) is 11.7 Å². The van der Waals surface area contributed by atoms with E-state index < -0.39 is 36.5 Å². The Balaban J connectivity index is 1.99. The van der Waals surface area contributed by atoms with Crippen molar-refractivity contribution < 1.29 is 24.6 Å². The molecule has 0 aliphatic rings. The predicted octanol–water partition coefficient (Wildman–Crippen LogP) is 1.44. The molecule has 0 aliphatic heterocycles. The predicted molar refractivity (Wildman–Crippen MR) is 130 cm³/mol. The standard InChI is InChI=1S/C26H31N3O5/c1-16(2)14-22(27)26(34)28-21-12-8-19(9-13-21)5-4-18-6-10-20(11-7-18)25(33)29-24(17(3)31)23(32)15-30/h6-13,16-17,22,24,30-31H,14-15,27H2,1-3H3,(H,28,34)(H,29,33)/t17-,22+,24+/m1/s1. The van der Waals surface area contributed by atoms with Gasteiger partial charge in [0.15, 0.2) is 5.78 Å². The first-order valence-electron chi connectivity index (χ1n) is 11.0. The van der Waals surface area contributed by atoms with Crippen molar-refractivity contribution in [1.82, 2.24) is 5.32 Å². The van der Waals surface area contributed by atoms with Crippen LogP contribution in [0.3, 0.4) is 0 Å². The van der Waals surface area contributed by atoms with Crippen LogP contribution in [0.2, 0.25) is 0 Å². The highest BCUT2D eigenvalue weighted by atomic mass is 16.3. The van der Waals surface area contributed by atoms with Gasteiger partial charge in [0.25, 0.3) is 5.91 Å². The first-order valence-corrected chi connectivity index (χ1v) is 11.0. The molecule has 2 aromatic rings. The number of aliphatic hydroxyl groups excluding tert-OH is 2. The van der Waals surface area contributed by atoms with E-state index >= 15 is 0 Å². The third-order valence-electron chi connectivity index (χ3n) is 4.98. The van der Waals surface area contributed by atoms with Gasteiger partial charge in [-0.25, -0.2) is 0 Å². The molecule has 0 heterocycles. The summed E-state index contributed by atoms with van der Waals surface area (Å²) < 4.78 is 0. The molecule has 0 saturated heterocycles. The van der Waals surface area contributed by atoms with Crippen LogP contribution >= 0.6 is 0 Å². The summed E-state index contributed by atoms with van der Waals surface area (Å²) in [5, 5.41) is 23.9. The lowest BCUT2D eigenvalue weighted by Gasteiger charge is -2.19. The molecule has 0 radical (unpaired) electrons. The van der Waals surface area contributed by atoms with Gasteiger partial charge in [-0.05, 0) is 67.8 Å². The van der Waals surface area contributed by atoms with Crippen molar-refractivity contribution in [3.8, 4) is 11.8 Å². The number of carbonyl (C=O) groups is 3. The number of ketones is 1. The molecule has 0 unspecified atom stereocenters. The zero-order chi connectivity index (χ0) is 25.3. The maximum Gasteiger partial charge on any atom is 0.251 e. The molecular weight excluding hydrogens is 434 g/mol. The van der Waals surface area contributed by atoms with E-state index in [2.05, 4.69) is 22.5 Å². The van der Waals surface area contributed by atoms with Gasteiger partial charge in [0.1, 0.15) is 12.6 Å². The Morgan fingerprint density at radius 2 is 1.47 bits per heavy atom. The van der Waals surface area contributed by atoms with Crippen LogP contribution < -0.4 is 16.4 Å². The summed E-state index contributed by atoms with van der Waals surface area (Å²) in [7, 11) is 0. The minimum Gasteiger partial charge on any atom is -0.391 e. The smallest absolute Gasteiger partial charge is 0.251 e. The first kappa shape index (κ1) is 26.7. The van der Waals surface area contributed by atoms with Gasteiger partial charge in [-0.3, -0.25) is 14.4 Å². The molecule has 6 N–H and O–H groups in total. The van der Waals surface area contributed by atoms with Crippen molar-refractivity contribution in [3.63, 3.8) is 0 Å². The molecule has 2 aromatic carbocycles. The summed E-state index contributed by atoms with van der Waals surface area (Å²) >= 11 is 0. The minimum atomic E-state index is -1.18. The highest BCUT2D eigenvalue weighted by Crippen LogP contribution is 2.11.